The Balaban J connectivity index is 2.28. The predicted molar refractivity (Wildman–Crippen MR) is 76.9 cm³/mol. The van der Waals surface area contributed by atoms with Crippen LogP contribution < -0.4 is 5.73 Å². The first-order valence-electron chi connectivity index (χ1n) is 5.91. The molecule has 2 rings (SSSR count). The highest BCUT2D eigenvalue weighted by Crippen LogP contribution is 2.22. The van der Waals surface area contributed by atoms with Gasteiger partial charge in [-0.1, -0.05) is 41.9 Å². The van der Waals surface area contributed by atoms with Crippen molar-refractivity contribution in [3.05, 3.63) is 47.0 Å². The lowest BCUT2D eigenvalue weighted by Gasteiger charge is -2.13. The van der Waals surface area contributed by atoms with Gasteiger partial charge in [-0.2, -0.15) is 0 Å². The summed E-state index contributed by atoms with van der Waals surface area (Å²) in [6.07, 6.45) is 3.65. The number of hydrogen-bond donors (Lipinski definition) is 1. The topological polar surface area (TPSA) is 51.8 Å². The average molecular weight is 306 g/mol. The largest absolute Gasteiger partial charge is 0.321 e. The molecule has 0 aliphatic rings. The average Bonchev–Trinajstić information content (AvgIpc) is 2.38. The Bertz CT molecular complexity index is 523. The fourth-order valence-electron chi connectivity index (χ4n) is 1.63. The van der Waals surface area contributed by atoms with Gasteiger partial charge in [-0.3, -0.25) is 0 Å². The van der Waals surface area contributed by atoms with E-state index in [4.69, 9.17) is 5.73 Å². The molecule has 1 aromatic carbocycles. The van der Waals surface area contributed by atoms with Crippen LogP contribution in [-0.2, 0) is 0 Å². The lowest BCUT2D eigenvalue weighted by atomic mass is 10.0. The van der Waals surface area contributed by atoms with Gasteiger partial charge in [-0.25, -0.2) is 9.97 Å². The second-order valence-electron chi connectivity index (χ2n) is 4.61. The Morgan fingerprint density at radius 2 is 1.78 bits per heavy atom. The van der Waals surface area contributed by atoms with Crippen LogP contribution >= 0.6 is 15.9 Å². The summed E-state index contributed by atoms with van der Waals surface area (Å²) < 4.78 is 1.04. The van der Waals surface area contributed by atoms with Crippen molar-refractivity contribution < 1.29 is 0 Å². The number of rotatable bonds is 3. The minimum Gasteiger partial charge on any atom is -0.321 e. The van der Waals surface area contributed by atoms with Crippen molar-refractivity contribution in [2.24, 2.45) is 11.7 Å². The second kappa shape index (κ2) is 5.59. The molecular formula is C14H16BrN3. The van der Waals surface area contributed by atoms with Crippen LogP contribution in [0.4, 0.5) is 0 Å². The van der Waals surface area contributed by atoms with Gasteiger partial charge >= 0.3 is 0 Å². The highest BCUT2D eigenvalue weighted by Gasteiger charge is 2.13. The van der Waals surface area contributed by atoms with Gasteiger partial charge in [0.05, 0.1) is 6.04 Å². The first-order chi connectivity index (χ1) is 8.58. The van der Waals surface area contributed by atoms with E-state index in [1.54, 1.807) is 0 Å². The summed E-state index contributed by atoms with van der Waals surface area (Å²) in [5.41, 5.74) is 8.11. The van der Waals surface area contributed by atoms with Gasteiger partial charge in [0, 0.05) is 22.4 Å². The van der Waals surface area contributed by atoms with Gasteiger partial charge in [0.15, 0.2) is 0 Å². The standard InChI is InChI=1S/C14H16BrN3/c1-9(2)13(16)14-17-7-11(8-18-14)10-4-3-5-12(15)6-10/h3-9,13H,16H2,1-2H3. The molecule has 1 heterocycles. The number of hydrogen-bond acceptors (Lipinski definition) is 3. The quantitative estimate of drug-likeness (QED) is 0.943. The maximum Gasteiger partial charge on any atom is 0.145 e. The Labute approximate surface area is 116 Å². The van der Waals surface area contributed by atoms with E-state index < -0.39 is 0 Å². The van der Waals surface area contributed by atoms with E-state index in [0.29, 0.717) is 11.7 Å². The van der Waals surface area contributed by atoms with Gasteiger partial charge in [0.25, 0.3) is 0 Å². The van der Waals surface area contributed by atoms with Crippen molar-refractivity contribution in [2.45, 2.75) is 19.9 Å². The van der Waals surface area contributed by atoms with Gasteiger partial charge in [-0.15, -0.1) is 0 Å². The Morgan fingerprint density at radius 1 is 1.11 bits per heavy atom. The number of nitrogens with two attached hydrogens (primary N) is 1. The third-order valence-electron chi connectivity index (χ3n) is 2.85. The molecule has 0 fully saturated rings. The monoisotopic (exact) mass is 305 g/mol. The highest BCUT2D eigenvalue weighted by atomic mass is 79.9. The molecule has 0 saturated carbocycles. The molecule has 0 saturated heterocycles. The number of aromatic nitrogens is 2. The Morgan fingerprint density at radius 3 is 2.33 bits per heavy atom. The van der Waals surface area contributed by atoms with Crippen LogP contribution in [0.25, 0.3) is 11.1 Å². The van der Waals surface area contributed by atoms with E-state index in [1.807, 2.05) is 36.7 Å². The summed E-state index contributed by atoms with van der Waals surface area (Å²) in [4.78, 5) is 8.71. The molecule has 2 N–H and O–H groups in total. The van der Waals surface area contributed by atoms with E-state index in [-0.39, 0.29) is 6.04 Å². The Kier molecular flexibility index (Phi) is 4.09. The van der Waals surface area contributed by atoms with Gasteiger partial charge in [-0.05, 0) is 23.6 Å². The lowest BCUT2D eigenvalue weighted by Crippen LogP contribution is -2.19. The van der Waals surface area contributed by atoms with Crippen molar-refractivity contribution in [3.8, 4) is 11.1 Å². The van der Waals surface area contributed by atoms with Crippen LogP contribution in [0.1, 0.15) is 25.7 Å². The second-order valence-corrected chi connectivity index (χ2v) is 5.53. The first-order valence-corrected chi connectivity index (χ1v) is 6.70. The van der Waals surface area contributed by atoms with E-state index in [0.717, 1.165) is 15.6 Å². The molecule has 0 aliphatic heterocycles. The maximum atomic E-state index is 6.02. The molecule has 4 heteroatoms. The smallest absolute Gasteiger partial charge is 0.145 e. The molecule has 1 unspecified atom stereocenters. The van der Waals surface area contributed by atoms with Crippen molar-refractivity contribution in [3.63, 3.8) is 0 Å². The highest BCUT2D eigenvalue weighted by molar-refractivity contribution is 9.10. The SMILES string of the molecule is CC(C)C(N)c1ncc(-c2cccc(Br)c2)cn1. The maximum absolute atomic E-state index is 6.02. The van der Waals surface area contributed by atoms with Crippen LogP contribution in [0.3, 0.4) is 0 Å². The molecule has 18 heavy (non-hydrogen) atoms. The van der Waals surface area contributed by atoms with Crippen LogP contribution in [0.15, 0.2) is 41.1 Å². The minimum absolute atomic E-state index is 0.110. The third kappa shape index (κ3) is 2.94. The van der Waals surface area contributed by atoms with Crippen LogP contribution in [0, 0.1) is 5.92 Å². The van der Waals surface area contributed by atoms with Crippen LogP contribution in [0.2, 0.25) is 0 Å². The van der Waals surface area contributed by atoms with Crippen LogP contribution in [-0.4, -0.2) is 9.97 Å². The van der Waals surface area contributed by atoms with E-state index in [2.05, 4.69) is 39.7 Å². The van der Waals surface area contributed by atoms with E-state index in [9.17, 15) is 0 Å². The third-order valence-corrected chi connectivity index (χ3v) is 3.34. The minimum atomic E-state index is -0.110. The summed E-state index contributed by atoms with van der Waals surface area (Å²) in [5.74, 6) is 1.03. The molecule has 0 bridgehead atoms. The molecule has 3 nitrogen and oxygen atoms in total. The fourth-order valence-corrected chi connectivity index (χ4v) is 2.02. The molecule has 0 spiro atoms. The van der Waals surface area contributed by atoms with Gasteiger partial charge in [0.2, 0.25) is 0 Å². The van der Waals surface area contributed by atoms with Crippen molar-refractivity contribution in [2.75, 3.05) is 0 Å². The van der Waals surface area contributed by atoms with Crippen molar-refractivity contribution in [1.82, 2.24) is 9.97 Å². The summed E-state index contributed by atoms with van der Waals surface area (Å²) >= 11 is 3.46. The summed E-state index contributed by atoms with van der Waals surface area (Å²) in [5, 5.41) is 0. The molecule has 1 atom stereocenters. The lowest BCUT2D eigenvalue weighted by molar-refractivity contribution is 0.490. The first kappa shape index (κ1) is 13.2. The van der Waals surface area contributed by atoms with E-state index >= 15 is 0 Å². The zero-order valence-electron chi connectivity index (χ0n) is 10.5. The predicted octanol–water partition coefficient (Wildman–Crippen LogP) is 3.56. The Hall–Kier alpha value is -1.26. The number of halogens is 1. The summed E-state index contributed by atoms with van der Waals surface area (Å²) in [6.45, 7) is 4.13. The molecule has 94 valence electrons. The van der Waals surface area contributed by atoms with Gasteiger partial charge in [0.1, 0.15) is 5.82 Å². The van der Waals surface area contributed by atoms with Crippen molar-refractivity contribution >= 4 is 15.9 Å². The number of nitrogens with zero attached hydrogens (tertiary/aromatic N) is 2. The van der Waals surface area contributed by atoms with Crippen molar-refractivity contribution in [1.29, 1.82) is 0 Å². The normalized spacial score (nSPS) is 12.7. The molecule has 2 aromatic rings. The van der Waals surface area contributed by atoms with Gasteiger partial charge < -0.3 is 5.73 Å². The molecule has 0 amide bonds. The zero-order valence-corrected chi connectivity index (χ0v) is 12.1. The van der Waals surface area contributed by atoms with E-state index in [1.165, 1.54) is 0 Å². The summed E-state index contributed by atoms with van der Waals surface area (Å²) in [6, 6.07) is 7.95. The zero-order chi connectivity index (χ0) is 13.1. The number of benzene rings is 1. The molecular weight excluding hydrogens is 290 g/mol. The van der Waals surface area contributed by atoms with Crippen LogP contribution in [0.5, 0.6) is 0 Å². The molecule has 0 aliphatic carbocycles. The molecule has 1 aromatic heterocycles. The summed E-state index contributed by atoms with van der Waals surface area (Å²) in [7, 11) is 0. The molecule has 0 radical (unpaired) electrons. The fraction of sp³-hybridized carbons (Fsp3) is 0.286.